The summed E-state index contributed by atoms with van der Waals surface area (Å²) >= 11 is 0. The molecule has 0 N–H and O–H groups in total. The van der Waals surface area contributed by atoms with Crippen molar-refractivity contribution < 1.29 is 33.0 Å². The number of hydrogen-bond acceptors (Lipinski definition) is 7. The normalized spacial score (nSPS) is 23.5. The van der Waals surface area contributed by atoms with E-state index in [1.165, 1.54) is 7.11 Å². The van der Waals surface area contributed by atoms with Gasteiger partial charge in [0, 0.05) is 20.0 Å². The van der Waals surface area contributed by atoms with E-state index in [9.17, 15) is 9.59 Å². The van der Waals surface area contributed by atoms with Crippen LogP contribution in [0.25, 0.3) is 0 Å². The summed E-state index contributed by atoms with van der Waals surface area (Å²) in [7, 11) is 0.902. The number of carbonyl (C=O) groups is 2. The van der Waals surface area contributed by atoms with Crippen molar-refractivity contribution in [2.45, 2.75) is 96.1 Å². The molecule has 1 aliphatic rings. The molecule has 1 fully saturated rings. The molecule has 1 heterocycles. The summed E-state index contributed by atoms with van der Waals surface area (Å²) in [5, 5.41) is 0.104. The Morgan fingerprint density at radius 1 is 1.11 bits per heavy atom. The average molecular weight is 419 g/mol. The van der Waals surface area contributed by atoms with Gasteiger partial charge in [0.1, 0.15) is 18.3 Å². The van der Waals surface area contributed by atoms with E-state index in [1.54, 1.807) is 7.11 Å². The zero-order chi connectivity index (χ0) is 21.8. The average Bonchev–Trinajstić information content (AvgIpc) is 2.84. The summed E-state index contributed by atoms with van der Waals surface area (Å²) in [4.78, 5) is 23.4. The first-order valence-electron chi connectivity index (χ1n) is 9.81. The van der Waals surface area contributed by atoms with E-state index in [0.717, 1.165) is 0 Å². The molecule has 3 atom stereocenters. The molecule has 0 saturated carbocycles. The highest BCUT2D eigenvalue weighted by Crippen LogP contribution is 2.38. The third kappa shape index (κ3) is 7.55. The van der Waals surface area contributed by atoms with Crippen molar-refractivity contribution in [3.63, 3.8) is 0 Å². The van der Waals surface area contributed by atoms with Gasteiger partial charge in [0.15, 0.2) is 14.1 Å². The van der Waals surface area contributed by atoms with Gasteiger partial charge in [-0.25, -0.2) is 0 Å². The molecule has 0 spiro atoms. The molecule has 7 nitrogen and oxygen atoms in total. The standard InChI is InChI=1S/C20H38O7Si/c1-19(2,3)28(8,9)25-13-17-16(26-20(4,5)27-17)12-15(23-6)10-14(21)11-18(22)24-7/h15-17H,10-13H2,1-9H3/t15-,16+,17+/m0/s1. The van der Waals surface area contributed by atoms with E-state index in [0.29, 0.717) is 13.0 Å². The molecule has 0 aromatic heterocycles. The second-order valence-corrected chi connectivity index (χ2v) is 14.2. The third-order valence-corrected chi connectivity index (χ3v) is 10.1. The minimum absolute atomic E-state index is 0.104. The number of carbonyl (C=O) groups excluding carboxylic acids is 2. The van der Waals surface area contributed by atoms with Crippen molar-refractivity contribution in [3.05, 3.63) is 0 Å². The largest absolute Gasteiger partial charge is 0.469 e. The van der Waals surface area contributed by atoms with Gasteiger partial charge < -0.3 is 23.4 Å². The van der Waals surface area contributed by atoms with Gasteiger partial charge >= 0.3 is 5.97 Å². The van der Waals surface area contributed by atoms with Gasteiger partial charge in [0.2, 0.25) is 0 Å². The first-order valence-corrected chi connectivity index (χ1v) is 12.7. The molecule has 0 aromatic carbocycles. The highest BCUT2D eigenvalue weighted by molar-refractivity contribution is 6.74. The molecule has 0 bridgehead atoms. The highest BCUT2D eigenvalue weighted by Gasteiger charge is 2.45. The van der Waals surface area contributed by atoms with Crippen molar-refractivity contribution in [2.75, 3.05) is 20.8 Å². The van der Waals surface area contributed by atoms with Crippen LogP contribution in [0.5, 0.6) is 0 Å². The monoisotopic (exact) mass is 418 g/mol. The lowest BCUT2D eigenvalue weighted by Gasteiger charge is -2.37. The fraction of sp³-hybridized carbons (Fsp3) is 0.900. The van der Waals surface area contributed by atoms with Crippen molar-refractivity contribution in [1.82, 2.24) is 0 Å². The van der Waals surface area contributed by atoms with Crippen LogP contribution < -0.4 is 0 Å². The van der Waals surface area contributed by atoms with Crippen LogP contribution in [0, 0.1) is 0 Å². The van der Waals surface area contributed by atoms with Crippen LogP contribution in [0.3, 0.4) is 0 Å². The Bertz CT molecular complexity index is 539. The molecular weight excluding hydrogens is 380 g/mol. The molecule has 1 rings (SSSR count). The summed E-state index contributed by atoms with van der Waals surface area (Å²) < 4.78 is 28.5. The van der Waals surface area contributed by atoms with Crippen LogP contribution in [0.4, 0.5) is 0 Å². The van der Waals surface area contributed by atoms with Gasteiger partial charge in [-0.1, -0.05) is 20.8 Å². The van der Waals surface area contributed by atoms with Crippen LogP contribution in [0.2, 0.25) is 18.1 Å². The van der Waals surface area contributed by atoms with Gasteiger partial charge in [0.25, 0.3) is 0 Å². The Kier molecular flexibility index (Phi) is 8.83. The fourth-order valence-electron chi connectivity index (χ4n) is 2.84. The maximum Gasteiger partial charge on any atom is 0.313 e. The van der Waals surface area contributed by atoms with E-state index in [1.807, 2.05) is 13.8 Å². The number of Topliss-reactive ketones (excluding diaryl/α,β-unsaturated/α-hetero) is 1. The molecule has 0 unspecified atom stereocenters. The summed E-state index contributed by atoms with van der Waals surface area (Å²) in [6.07, 6.45) is -0.495. The van der Waals surface area contributed by atoms with Crippen molar-refractivity contribution in [2.24, 2.45) is 0 Å². The number of esters is 1. The van der Waals surface area contributed by atoms with Crippen LogP contribution in [0.1, 0.15) is 53.9 Å². The molecular formula is C20H38O7Si. The minimum Gasteiger partial charge on any atom is -0.469 e. The molecule has 1 aliphatic heterocycles. The van der Waals surface area contributed by atoms with Crippen molar-refractivity contribution in [1.29, 1.82) is 0 Å². The lowest BCUT2D eigenvalue weighted by Crippen LogP contribution is -2.44. The number of ketones is 1. The Morgan fingerprint density at radius 2 is 1.68 bits per heavy atom. The molecule has 28 heavy (non-hydrogen) atoms. The summed E-state index contributed by atoms with van der Waals surface area (Å²) in [6, 6.07) is 0. The molecule has 0 aromatic rings. The van der Waals surface area contributed by atoms with E-state index >= 15 is 0 Å². The Balaban J connectivity index is 2.73. The smallest absolute Gasteiger partial charge is 0.313 e. The zero-order valence-corrected chi connectivity index (χ0v) is 19.9. The molecule has 0 aliphatic carbocycles. The molecule has 0 radical (unpaired) electrons. The lowest BCUT2D eigenvalue weighted by molar-refractivity contribution is -0.151. The zero-order valence-electron chi connectivity index (χ0n) is 18.9. The van der Waals surface area contributed by atoms with Crippen LogP contribution in [0.15, 0.2) is 0 Å². The quantitative estimate of drug-likeness (QED) is 0.305. The van der Waals surface area contributed by atoms with E-state index < -0.39 is 20.1 Å². The number of rotatable bonds is 10. The fourth-order valence-corrected chi connectivity index (χ4v) is 3.85. The number of ether oxygens (including phenoxy) is 4. The van der Waals surface area contributed by atoms with E-state index in [-0.39, 0.29) is 42.0 Å². The first kappa shape index (κ1) is 25.2. The molecule has 8 heteroatoms. The molecule has 164 valence electrons. The number of hydrogen-bond donors (Lipinski definition) is 0. The topological polar surface area (TPSA) is 80.3 Å². The van der Waals surface area contributed by atoms with Crippen molar-refractivity contribution >= 4 is 20.1 Å². The first-order chi connectivity index (χ1) is 12.7. The second-order valence-electron chi connectivity index (χ2n) is 9.37. The van der Waals surface area contributed by atoms with Gasteiger partial charge in [-0.15, -0.1) is 0 Å². The van der Waals surface area contributed by atoms with Crippen LogP contribution in [-0.2, 0) is 33.0 Å². The summed E-state index contributed by atoms with van der Waals surface area (Å²) in [5.74, 6) is -1.48. The number of methoxy groups -OCH3 is 2. The van der Waals surface area contributed by atoms with Crippen LogP contribution >= 0.6 is 0 Å². The maximum absolute atomic E-state index is 12.1. The third-order valence-electron chi connectivity index (χ3n) is 5.55. The predicted octanol–water partition coefficient (Wildman–Crippen LogP) is 3.46. The SMILES string of the molecule is COC(=O)CC(=O)C[C@@H](C[C@H]1OC(C)(C)O[C@@H]1CO[Si](C)(C)C(C)(C)C)OC. The van der Waals surface area contributed by atoms with Gasteiger partial charge in [-0.2, -0.15) is 0 Å². The Hall–Kier alpha value is -0.803. The van der Waals surface area contributed by atoms with E-state index in [2.05, 4.69) is 38.6 Å². The molecule has 0 amide bonds. The predicted molar refractivity (Wildman–Crippen MR) is 109 cm³/mol. The maximum atomic E-state index is 12.1. The summed E-state index contributed by atoms with van der Waals surface area (Å²) in [5.41, 5.74) is 0. The van der Waals surface area contributed by atoms with Crippen molar-refractivity contribution in [3.8, 4) is 0 Å². The minimum atomic E-state index is -1.92. The van der Waals surface area contributed by atoms with Gasteiger partial charge in [-0.05, 0) is 32.0 Å². The molecule has 1 saturated heterocycles. The Labute approximate surface area is 170 Å². The highest BCUT2D eigenvalue weighted by atomic mass is 28.4. The van der Waals surface area contributed by atoms with Gasteiger partial charge in [-0.3, -0.25) is 9.59 Å². The van der Waals surface area contributed by atoms with Crippen LogP contribution in [-0.4, -0.2) is 65.0 Å². The van der Waals surface area contributed by atoms with Gasteiger partial charge in [0.05, 0.1) is 25.9 Å². The van der Waals surface area contributed by atoms with E-state index in [4.69, 9.17) is 18.6 Å². The summed E-state index contributed by atoms with van der Waals surface area (Å²) in [6.45, 7) is 15.2. The Morgan fingerprint density at radius 3 is 2.18 bits per heavy atom. The lowest BCUT2D eigenvalue weighted by atomic mass is 10.0. The second kappa shape index (κ2) is 9.80.